The number of primary amides is 1. The minimum absolute atomic E-state index is 0.0826. The molecule has 1 aromatic rings. The van der Waals surface area contributed by atoms with Crippen molar-refractivity contribution in [1.82, 2.24) is 20.9 Å². The summed E-state index contributed by atoms with van der Waals surface area (Å²) in [6.45, 7) is 7.38. The fraction of sp³-hybridized carbons (Fsp3) is 0.581. The van der Waals surface area contributed by atoms with Crippen molar-refractivity contribution in [3.63, 3.8) is 0 Å². The van der Waals surface area contributed by atoms with Crippen molar-refractivity contribution in [3.8, 4) is 0 Å². The van der Waals surface area contributed by atoms with E-state index in [1.54, 1.807) is 44.2 Å². The van der Waals surface area contributed by atoms with E-state index in [4.69, 9.17) is 15.2 Å². The van der Waals surface area contributed by atoms with Crippen molar-refractivity contribution in [2.75, 3.05) is 13.7 Å². The lowest BCUT2D eigenvalue weighted by molar-refractivity contribution is -0.147. The molecule has 248 valence electrons. The standard InChI is InChI=1S/C31H45N5O9/c1-18(2)16-22(30(42)44-5)33-28(40)23-12-9-15-36(23)29(41)25(19(3)4)35-27(39)21(13-14-24(37)26(32)38)34-31(43)45-17-20-10-7-6-8-11-20/h6-8,10-11,18-19,21-23,25H,9,12-17H2,1-5H3,(H2,32,38)(H,33,40)(H,34,43)(H,35,39)/t21?,22?,23-,25?/m0/s1. The number of nitrogens with zero attached hydrogens (tertiary/aromatic N) is 1. The maximum atomic E-state index is 13.8. The Hall–Kier alpha value is -4.49. The summed E-state index contributed by atoms with van der Waals surface area (Å²) in [5.74, 6) is -4.87. The van der Waals surface area contributed by atoms with Crippen LogP contribution in [0.5, 0.6) is 0 Å². The summed E-state index contributed by atoms with van der Waals surface area (Å²) in [4.78, 5) is 89.8. The fourth-order valence-corrected chi connectivity index (χ4v) is 4.92. The van der Waals surface area contributed by atoms with Gasteiger partial charge in [-0.15, -0.1) is 0 Å². The fourth-order valence-electron chi connectivity index (χ4n) is 4.92. The van der Waals surface area contributed by atoms with E-state index in [2.05, 4.69) is 16.0 Å². The van der Waals surface area contributed by atoms with Gasteiger partial charge in [-0.05, 0) is 43.1 Å². The molecule has 1 aromatic carbocycles. The van der Waals surface area contributed by atoms with E-state index in [0.29, 0.717) is 24.8 Å². The average molecular weight is 632 g/mol. The first kappa shape index (κ1) is 36.7. The van der Waals surface area contributed by atoms with E-state index in [-0.39, 0.29) is 25.5 Å². The number of nitrogens with one attached hydrogen (secondary N) is 3. The quantitative estimate of drug-likeness (QED) is 0.151. The normalized spacial score (nSPS) is 16.3. The monoisotopic (exact) mass is 631 g/mol. The molecule has 0 aromatic heterocycles. The van der Waals surface area contributed by atoms with Crippen LogP contribution in [0.1, 0.15) is 65.4 Å². The molecule has 0 saturated carbocycles. The van der Waals surface area contributed by atoms with E-state index in [1.165, 1.54) is 12.0 Å². The van der Waals surface area contributed by atoms with Crippen molar-refractivity contribution in [1.29, 1.82) is 0 Å². The second-order valence-electron chi connectivity index (χ2n) is 11.7. The number of carbonyl (C=O) groups is 7. The van der Waals surface area contributed by atoms with Gasteiger partial charge in [0.1, 0.15) is 30.8 Å². The van der Waals surface area contributed by atoms with Crippen LogP contribution >= 0.6 is 0 Å². The number of rotatable bonds is 16. The molecular weight excluding hydrogens is 586 g/mol. The molecule has 14 nitrogen and oxygen atoms in total. The zero-order valence-corrected chi connectivity index (χ0v) is 26.5. The first-order valence-corrected chi connectivity index (χ1v) is 15.0. The van der Waals surface area contributed by atoms with E-state index in [9.17, 15) is 33.6 Å². The lowest BCUT2D eigenvalue weighted by atomic mass is 10.00. The molecular formula is C31H45N5O9. The summed E-state index contributed by atoms with van der Waals surface area (Å²) in [5.41, 5.74) is 5.75. The third-order valence-electron chi connectivity index (χ3n) is 7.33. The minimum atomic E-state index is -1.35. The molecule has 1 aliphatic rings. The summed E-state index contributed by atoms with van der Waals surface area (Å²) in [6, 6.07) is 4.62. The van der Waals surface area contributed by atoms with Crippen LogP contribution in [0.2, 0.25) is 0 Å². The smallest absolute Gasteiger partial charge is 0.408 e. The third-order valence-corrected chi connectivity index (χ3v) is 7.33. The molecule has 14 heteroatoms. The lowest BCUT2D eigenvalue weighted by Gasteiger charge is -2.32. The molecule has 4 atom stereocenters. The number of nitrogens with two attached hydrogens (primary N) is 1. The maximum Gasteiger partial charge on any atom is 0.408 e. The number of amides is 5. The SMILES string of the molecule is COC(=O)C(CC(C)C)NC(=O)[C@@H]1CCCN1C(=O)C(NC(=O)C(CCC(=O)C(N)=O)NC(=O)OCc1ccccc1)C(C)C. The Morgan fingerprint density at radius 2 is 1.62 bits per heavy atom. The van der Waals surface area contributed by atoms with E-state index < -0.39 is 78.0 Å². The first-order valence-electron chi connectivity index (χ1n) is 15.0. The number of hydrogen-bond donors (Lipinski definition) is 4. The van der Waals surface area contributed by atoms with Gasteiger partial charge in [0.05, 0.1) is 7.11 Å². The highest BCUT2D eigenvalue weighted by Gasteiger charge is 2.40. The molecule has 0 bridgehead atoms. The van der Waals surface area contributed by atoms with Gasteiger partial charge in [0, 0.05) is 13.0 Å². The van der Waals surface area contributed by atoms with Crippen LogP contribution in [0.15, 0.2) is 30.3 Å². The molecule has 0 radical (unpaired) electrons. The Balaban J connectivity index is 2.17. The molecule has 1 aliphatic heterocycles. The number of benzene rings is 1. The lowest BCUT2D eigenvalue weighted by Crippen LogP contribution is -2.59. The van der Waals surface area contributed by atoms with Crippen LogP contribution in [0, 0.1) is 11.8 Å². The predicted octanol–water partition coefficient (Wildman–Crippen LogP) is 0.952. The van der Waals surface area contributed by atoms with Gasteiger partial charge in [0.25, 0.3) is 5.91 Å². The molecule has 5 N–H and O–H groups in total. The number of hydrogen-bond acceptors (Lipinski definition) is 9. The van der Waals surface area contributed by atoms with Crippen LogP contribution in [-0.4, -0.2) is 84.2 Å². The van der Waals surface area contributed by atoms with Crippen molar-refractivity contribution >= 4 is 41.5 Å². The molecule has 2 rings (SSSR count). The highest BCUT2D eigenvalue weighted by molar-refractivity contribution is 6.35. The second-order valence-corrected chi connectivity index (χ2v) is 11.7. The Morgan fingerprint density at radius 1 is 0.956 bits per heavy atom. The number of ketones is 1. The first-order chi connectivity index (χ1) is 21.2. The molecule has 1 heterocycles. The van der Waals surface area contributed by atoms with Gasteiger partial charge >= 0.3 is 12.1 Å². The predicted molar refractivity (Wildman–Crippen MR) is 162 cm³/mol. The average Bonchev–Trinajstić information content (AvgIpc) is 3.50. The highest BCUT2D eigenvalue weighted by atomic mass is 16.5. The molecule has 45 heavy (non-hydrogen) atoms. The van der Waals surface area contributed by atoms with Crippen LogP contribution in [0.4, 0.5) is 4.79 Å². The summed E-state index contributed by atoms with van der Waals surface area (Å²) < 4.78 is 10.0. The number of alkyl carbamates (subject to hydrolysis) is 1. The van der Waals surface area contributed by atoms with E-state index >= 15 is 0 Å². The largest absolute Gasteiger partial charge is 0.467 e. The Bertz CT molecular complexity index is 1220. The number of Topliss-reactive ketones (excluding diaryl/α,β-unsaturated/α-hetero) is 1. The maximum absolute atomic E-state index is 13.8. The van der Waals surface area contributed by atoms with Crippen LogP contribution < -0.4 is 21.7 Å². The van der Waals surface area contributed by atoms with E-state index in [1.807, 2.05) is 13.8 Å². The summed E-state index contributed by atoms with van der Waals surface area (Å²) >= 11 is 0. The number of carbonyl (C=O) groups excluding carboxylic acids is 7. The number of ether oxygens (including phenoxy) is 2. The van der Waals surface area contributed by atoms with Gasteiger partial charge in [-0.25, -0.2) is 9.59 Å². The van der Waals surface area contributed by atoms with Crippen molar-refractivity contribution in [3.05, 3.63) is 35.9 Å². The molecule has 0 aliphatic carbocycles. The third kappa shape index (κ3) is 11.5. The zero-order valence-electron chi connectivity index (χ0n) is 26.5. The summed E-state index contributed by atoms with van der Waals surface area (Å²) in [6.07, 6.45) is -0.424. The van der Waals surface area contributed by atoms with Gasteiger partial charge in [0.2, 0.25) is 23.5 Å². The zero-order chi connectivity index (χ0) is 33.7. The van der Waals surface area contributed by atoms with Crippen LogP contribution in [0.3, 0.4) is 0 Å². The molecule has 5 amide bonds. The van der Waals surface area contributed by atoms with Crippen LogP contribution in [0.25, 0.3) is 0 Å². The highest BCUT2D eigenvalue weighted by Crippen LogP contribution is 2.21. The molecule has 3 unspecified atom stereocenters. The van der Waals surface area contributed by atoms with Gasteiger partial charge in [-0.3, -0.25) is 24.0 Å². The topological polar surface area (TPSA) is 203 Å². The summed E-state index contributed by atoms with van der Waals surface area (Å²) in [5, 5.41) is 7.76. The van der Waals surface area contributed by atoms with Gasteiger partial charge in [-0.1, -0.05) is 58.0 Å². The van der Waals surface area contributed by atoms with Crippen molar-refractivity contribution in [2.24, 2.45) is 17.6 Å². The number of methoxy groups -OCH3 is 1. The van der Waals surface area contributed by atoms with E-state index in [0.717, 1.165) is 0 Å². The Labute approximate surface area is 263 Å². The van der Waals surface area contributed by atoms with Gasteiger partial charge in [0.15, 0.2) is 0 Å². The Kier molecular flexibility index (Phi) is 14.4. The van der Waals surface area contributed by atoms with Crippen molar-refractivity contribution < 1.29 is 43.0 Å². The van der Waals surface area contributed by atoms with Gasteiger partial charge in [-0.2, -0.15) is 0 Å². The molecule has 1 fully saturated rings. The van der Waals surface area contributed by atoms with Gasteiger partial charge < -0.3 is 36.1 Å². The number of esters is 1. The second kappa shape index (κ2) is 17.7. The minimum Gasteiger partial charge on any atom is -0.467 e. The molecule has 0 spiro atoms. The van der Waals surface area contributed by atoms with Crippen LogP contribution in [-0.2, 0) is 44.8 Å². The number of likely N-dealkylation sites (tertiary alicyclic amines) is 1. The van der Waals surface area contributed by atoms with Crippen molar-refractivity contribution in [2.45, 2.75) is 90.6 Å². The Morgan fingerprint density at radius 3 is 2.20 bits per heavy atom. The summed E-state index contributed by atoms with van der Waals surface area (Å²) in [7, 11) is 1.23. The molecule has 1 saturated heterocycles.